The number of nitrogens with zero attached hydrogens (tertiary/aromatic N) is 3. The molecule has 0 aliphatic carbocycles. The Morgan fingerprint density at radius 1 is 1.33 bits per heavy atom. The third-order valence-corrected chi connectivity index (χ3v) is 5.82. The highest BCUT2D eigenvalue weighted by Gasteiger charge is 2.28. The Kier molecular flexibility index (Phi) is 4.76. The Balaban J connectivity index is 1.80. The summed E-state index contributed by atoms with van der Waals surface area (Å²) in [4.78, 5) is 10.6. The van der Waals surface area contributed by atoms with E-state index in [1.54, 1.807) is 19.3 Å². The number of aromatic nitrogens is 2. The minimum atomic E-state index is -3.22. The van der Waals surface area contributed by atoms with E-state index in [0.717, 1.165) is 28.8 Å². The molecular weight excluding hydrogens is 348 g/mol. The summed E-state index contributed by atoms with van der Waals surface area (Å²) in [6, 6.07) is 3.99. The molecule has 1 unspecified atom stereocenters. The average Bonchev–Trinajstić information content (AvgIpc) is 2.90. The van der Waals surface area contributed by atoms with Gasteiger partial charge in [0.25, 0.3) is 0 Å². The van der Waals surface area contributed by atoms with Crippen LogP contribution in [0.3, 0.4) is 0 Å². The Hall–Kier alpha value is -1.70. The Labute approximate surface area is 146 Å². The second-order valence-electron chi connectivity index (χ2n) is 5.82. The third-order valence-electron chi connectivity index (χ3n) is 4.27. The van der Waals surface area contributed by atoms with E-state index >= 15 is 0 Å². The van der Waals surface area contributed by atoms with Crippen LogP contribution in [0.1, 0.15) is 29.7 Å². The molecule has 0 saturated heterocycles. The zero-order valence-electron chi connectivity index (χ0n) is 13.5. The lowest BCUT2D eigenvalue weighted by molar-refractivity contribution is 0.582. The van der Waals surface area contributed by atoms with Crippen LogP contribution in [0.25, 0.3) is 0 Å². The smallest absolute Gasteiger partial charge is 0.211 e. The molecule has 0 saturated carbocycles. The zero-order valence-corrected chi connectivity index (χ0v) is 15.1. The number of nitrogens with one attached hydrogen (secondary N) is 1. The predicted octanol–water partition coefficient (Wildman–Crippen LogP) is 2.30. The molecule has 3 heterocycles. The molecular formula is C16H19ClN4O2S. The Morgan fingerprint density at radius 2 is 2.12 bits per heavy atom. The molecule has 1 atom stereocenters. The second-order valence-corrected chi connectivity index (χ2v) is 8.30. The van der Waals surface area contributed by atoms with Gasteiger partial charge in [0.1, 0.15) is 5.15 Å². The van der Waals surface area contributed by atoms with Crippen LogP contribution in [-0.2, 0) is 23.0 Å². The molecule has 0 radical (unpaired) electrons. The van der Waals surface area contributed by atoms with Gasteiger partial charge in [-0.2, -0.15) is 0 Å². The first-order valence-corrected chi connectivity index (χ1v) is 9.71. The lowest BCUT2D eigenvalue weighted by Crippen LogP contribution is -2.25. The van der Waals surface area contributed by atoms with Crippen molar-refractivity contribution in [2.24, 2.45) is 0 Å². The third kappa shape index (κ3) is 3.53. The fourth-order valence-corrected chi connectivity index (χ4v) is 3.61. The molecule has 1 N–H and O–H groups in total. The molecule has 3 rings (SSSR count). The first-order chi connectivity index (χ1) is 11.4. The van der Waals surface area contributed by atoms with E-state index in [1.165, 1.54) is 0 Å². The number of pyridine rings is 2. The van der Waals surface area contributed by atoms with Crippen LogP contribution in [0, 0.1) is 0 Å². The van der Waals surface area contributed by atoms with Crippen LogP contribution >= 0.6 is 11.6 Å². The molecule has 0 fully saturated rings. The molecule has 6 nitrogen and oxygen atoms in total. The molecule has 128 valence electrons. The summed E-state index contributed by atoms with van der Waals surface area (Å²) in [6.45, 7) is 1.86. The summed E-state index contributed by atoms with van der Waals surface area (Å²) in [5.74, 6) is 0.0640. The maximum absolute atomic E-state index is 11.6. The van der Waals surface area contributed by atoms with E-state index in [9.17, 15) is 8.42 Å². The quantitative estimate of drug-likeness (QED) is 0.822. The number of likely N-dealkylation sites (N-methyl/N-ethyl adjacent to an activating group) is 1. The van der Waals surface area contributed by atoms with Gasteiger partial charge < -0.3 is 4.90 Å². The number of rotatable bonds is 5. The number of sulfonamides is 1. The van der Waals surface area contributed by atoms with Crippen LogP contribution in [0.4, 0.5) is 5.69 Å². The van der Waals surface area contributed by atoms with Gasteiger partial charge in [-0.25, -0.2) is 18.1 Å². The highest BCUT2D eigenvalue weighted by Crippen LogP contribution is 2.39. The average molecular weight is 367 g/mol. The summed E-state index contributed by atoms with van der Waals surface area (Å²) < 4.78 is 25.7. The van der Waals surface area contributed by atoms with E-state index in [-0.39, 0.29) is 18.3 Å². The molecule has 0 aromatic carbocycles. The molecule has 1 aliphatic rings. The van der Waals surface area contributed by atoms with Gasteiger partial charge in [-0.3, -0.25) is 4.98 Å². The molecule has 8 heteroatoms. The van der Waals surface area contributed by atoms with Gasteiger partial charge in [-0.15, -0.1) is 0 Å². The number of anilines is 1. The predicted molar refractivity (Wildman–Crippen MR) is 94.6 cm³/mol. The van der Waals surface area contributed by atoms with Crippen LogP contribution in [0.2, 0.25) is 5.15 Å². The maximum atomic E-state index is 11.6. The Bertz CT molecular complexity index is 857. The van der Waals surface area contributed by atoms with Gasteiger partial charge in [0.2, 0.25) is 10.0 Å². The number of hydrogen-bond acceptors (Lipinski definition) is 5. The maximum Gasteiger partial charge on any atom is 0.211 e. The van der Waals surface area contributed by atoms with Crippen molar-refractivity contribution in [2.45, 2.75) is 25.9 Å². The van der Waals surface area contributed by atoms with E-state index in [2.05, 4.69) is 19.6 Å². The first-order valence-electron chi connectivity index (χ1n) is 7.68. The van der Waals surface area contributed by atoms with Gasteiger partial charge >= 0.3 is 0 Å². The number of halogens is 1. The lowest BCUT2D eigenvalue weighted by Gasteiger charge is -2.23. The summed E-state index contributed by atoms with van der Waals surface area (Å²) in [5, 5.41) is 0.474. The fraction of sp³-hybridized carbons (Fsp3) is 0.375. The fourth-order valence-electron chi connectivity index (χ4n) is 2.87. The molecule has 0 spiro atoms. The molecule has 0 bridgehead atoms. The van der Waals surface area contributed by atoms with Gasteiger partial charge in [0, 0.05) is 44.3 Å². The van der Waals surface area contributed by atoms with E-state index in [0.29, 0.717) is 5.15 Å². The summed E-state index contributed by atoms with van der Waals surface area (Å²) in [7, 11) is -1.21. The Morgan fingerprint density at radius 3 is 2.88 bits per heavy atom. The topological polar surface area (TPSA) is 75.2 Å². The van der Waals surface area contributed by atoms with Crippen molar-refractivity contribution in [3.05, 3.63) is 52.6 Å². The molecule has 0 amide bonds. The van der Waals surface area contributed by atoms with Crippen molar-refractivity contribution < 1.29 is 8.42 Å². The molecule has 24 heavy (non-hydrogen) atoms. The largest absolute Gasteiger partial charge is 0.367 e. The van der Waals surface area contributed by atoms with Crippen molar-refractivity contribution in [3.63, 3.8) is 0 Å². The van der Waals surface area contributed by atoms with Crippen LogP contribution in [-0.4, -0.2) is 31.2 Å². The zero-order chi connectivity index (χ0) is 17.3. The lowest BCUT2D eigenvalue weighted by atomic mass is 10.0. The SMILES string of the molecule is CCS(=O)(=O)NCc1cncc(C2Cc3cnc(Cl)cc3N2C)c1. The van der Waals surface area contributed by atoms with Crippen molar-refractivity contribution in [1.82, 2.24) is 14.7 Å². The first kappa shape index (κ1) is 17.1. The number of hydrogen-bond donors (Lipinski definition) is 1. The van der Waals surface area contributed by atoms with Crippen molar-refractivity contribution in [1.29, 1.82) is 0 Å². The number of fused-ring (bicyclic) bond motifs is 1. The second kappa shape index (κ2) is 6.66. The van der Waals surface area contributed by atoms with Crippen molar-refractivity contribution in [2.75, 3.05) is 17.7 Å². The highest BCUT2D eigenvalue weighted by atomic mass is 35.5. The van der Waals surface area contributed by atoms with E-state index in [4.69, 9.17) is 11.6 Å². The van der Waals surface area contributed by atoms with Crippen molar-refractivity contribution >= 4 is 27.3 Å². The van der Waals surface area contributed by atoms with Crippen LogP contribution in [0.5, 0.6) is 0 Å². The van der Waals surface area contributed by atoms with Gasteiger partial charge in [0.15, 0.2) is 0 Å². The van der Waals surface area contributed by atoms with E-state index in [1.807, 2.05) is 25.4 Å². The molecule has 2 aromatic rings. The normalized spacial score (nSPS) is 17.1. The summed E-state index contributed by atoms with van der Waals surface area (Å²) in [6.07, 6.45) is 6.13. The van der Waals surface area contributed by atoms with Gasteiger partial charge in [-0.1, -0.05) is 11.6 Å². The van der Waals surface area contributed by atoms with Crippen LogP contribution < -0.4 is 9.62 Å². The van der Waals surface area contributed by atoms with Crippen molar-refractivity contribution in [3.8, 4) is 0 Å². The van der Waals surface area contributed by atoms with Gasteiger partial charge in [0.05, 0.1) is 11.8 Å². The monoisotopic (exact) mass is 366 g/mol. The summed E-state index contributed by atoms with van der Waals surface area (Å²) in [5.41, 5.74) is 4.09. The minimum absolute atomic E-state index is 0.0640. The molecule has 2 aromatic heterocycles. The summed E-state index contributed by atoms with van der Waals surface area (Å²) >= 11 is 5.99. The highest BCUT2D eigenvalue weighted by molar-refractivity contribution is 7.89. The van der Waals surface area contributed by atoms with Gasteiger partial charge in [-0.05, 0) is 35.7 Å². The minimum Gasteiger partial charge on any atom is -0.367 e. The van der Waals surface area contributed by atoms with Crippen LogP contribution in [0.15, 0.2) is 30.7 Å². The standard InChI is InChI=1S/C16H19ClN4O2S/c1-3-24(22,23)20-8-11-4-12(9-18-7-11)14-5-13-10-19-16(17)6-15(13)21(14)2/h4,6-7,9-10,14,20H,3,5,8H2,1-2H3. The van der Waals surface area contributed by atoms with E-state index < -0.39 is 10.0 Å². The molecule has 1 aliphatic heterocycles.